The molecule has 1 N–H and O–H groups in total. The Morgan fingerprint density at radius 2 is 1.92 bits per heavy atom. The predicted octanol–water partition coefficient (Wildman–Crippen LogP) is 1.25. The Morgan fingerprint density at radius 1 is 1.28 bits per heavy atom. The van der Waals surface area contributed by atoms with Crippen molar-refractivity contribution in [3.8, 4) is 5.88 Å². The number of aromatic nitrogens is 2. The summed E-state index contributed by atoms with van der Waals surface area (Å²) < 4.78 is 30.0. The third-order valence-electron chi connectivity index (χ3n) is 3.70. The van der Waals surface area contributed by atoms with Crippen molar-refractivity contribution in [2.75, 3.05) is 12.9 Å². The average Bonchev–Trinajstić information content (AvgIpc) is 2.85. The highest BCUT2D eigenvalue weighted by molar-refractivity contribution is 7.90. The molecule has 8 nitrogen and oxygen atoms in total. The average molecular weight is 366 g/mol. The van der Waals surface area contributed by atoms with Crippen LogP contribution >= 0.6 is 0 Å². The largest absolute Gasteiger partial charge is 0.493 e. The lowest BCUT2D eigenvalue weighted by molar-refractivity contribution is 0.0521. The fourth-order valence-electron chi connectivity index (χ4n) is 2.44. The van der Waals surface area contributed by atoms with E-state index in [2.05, 4.69) is 5.10 Å². The van der Waals surface area contributed by atoms with Crippen LogP contribution in [0.25, 0.3) is 0 Å². The smallest absolute Gasteiger partial charge is 0.339 e. The highest BCUT2D eigenvalue weighted by atomic mass is 32.2. The third-order valence-corrected chi connectivity index (χ3v) is 4.84. The first-order valence-corrected chi connectivity index (χ1v) is 9.25. The molecule has 134 valence electrons. The molecular formula is C16H18N2O6S. The molecule has 0 spiro atoms. The topological polar surface area (TPSA) is 116 Å². The molecule has 0 bridgehead atoms. The first kappa shape index (κ1) is 18.7. The second-order valence-corrected chi connectivity index (χ2v) is 7.42. The van der Waals surface area contributed by atoms with E-state index in [9.17, 15) is 23.1 Å². The molecule has 2 aromatic rings. The predicted molar refractivity (Wildman–Crippen MR) is 88.6 cm³/mol. The van der Waals surface area contributed by atoms with Crippen molar-refractivity contribution in [1.29, 1.82) is 0 Å². The lowest BCUT2D eigenvalue weighted by atomic mass is 9.96. The summed E-state index contributed by atoms with van der Waals surface area (Å²) in [6.45, 7) is 3.11. The number of benzene rings is 1. The molecule has 0 unspecified atom stereocenters. The number of ketones is 1. The van der Waals surface area contributed by atoms with Crippen molar-refractivity contribution in [2.24, 2.45) is 7.05 Å². The van der Waals surface area contributed by atoms with E-state index < -0.39 is 21.6 Å². The minimum absolute atomic E-state index is 0.0486. The molecule has 0 aliphatic rings. The minimum atomic E-state index is -3.71. The highest BCUT2D eigenvalue weighted by Crippen LogP contribution is 2.27. The van der Waals surface area contributed by atoms with Gasteiger partial charge in [0.15, 0.2) is 15.6 Å². The molecular weight excluding hydrogens is 348 g/mol. The van der Waals surface area contributed by atoms with Crippen molar-refractivity contribution in [3.05, 3.63) is 40.6 Å². The lowest BCUT2D eigenvalue weighted by Crippen LogP contribution is -2.16. The lowest BCUT2D eigenvalue weighted by Gasteiger charge is -2.13. The van der Waals surface area contributed by atoms with Crippen LogP contribution in [-0.4, -0.2) is 47.9 Å². The van der Waals surface area contributed by atoms with Crippen molar-refractivity contribution in [1.82, 2.24) is 9.78 Å². The molecule has 0 saturated carbocycles. The highest BCUT2D eigenvalue weighted by Gasteiger charge is 2.27. The van der Waals surface area contributed by atoms with E-state index in [4.69, 9.17) is 4.74 Å². The molecule has 25 heavy (non-hydrogen) atoms. The van der Waals surface area contributed by atoms with Crippen LogP contribution in [0.2, 0.25) is 0 Å². The number of rotatable bonds is 5. The maximum absolute atomic E-state index is 12.7. The normalized spacial score (nSPS) is 11.4. The van der Waals surface area contributed by atoms with Gasteiger partial charge in [-0.3, -0.25) is 4.79 Å². The van der Waals surface area contributed by atoms with Crippen LogP contribution in [-0.2, 0) is 21.6 Å². The number of aromatic hydroxyl groups is 1. The molecule has 9 heteroatoms. The van der Waals surface area contributed by atoms with E-state index in [1.165, 1.54) is 32.3 Å². The number of carbonyl (C=O) groups is 2. The van der Waals surface area contributed by atoms with Gasteiger partial charge >= 0.3 is 5.97 Å². The third kappa shape index (κ3) is 3.41. The van der Waals surface area contributed by atoms with Gasteiger partial charge in [0.2, 0.25) is 5.88 Å². The maximum atomic E-state index is 12.7. The monoisotopic (exact) mass is 366 g/mol. The van der Waals surface area contributed by atoms with Gasteiger partial charge in [0.1, 0.15) is 5.56 Å². The molecule has 1 heterocycles. The van der Waals surface area contributed by atoms with Crippen molar-refractivity contribution in [3.63, 3.8) is 0 Å². The number of carbonyl (C=O) groups excluding carboxylic acids is 2. The van der Waals surface area contributed by atoms with Gasteiger partial charge in [0.25, 0.3) is 0 Å². The molecule has 0 radical (unpaired) electrons. The Morgan fingerprint density at radius 3 is 2.40 bits per heavy atom. The van der Waals surface area contributed by atoms with Gasteiger partial charge < -0.3 is 9.84 Å². The first-order chi connectivity index (χ1) is 11.6. The fraction of sp³-hybridized carbons (Fsp3) is 0.312. The Labute approximate surface area is 145 Å². The molecule has 2 rings (SSSR count). The van der Waals surface area contributed by atoms with Crippen LogP contribution in [0.4, 0.5) is 0 Å². The quantitative estimate of drug-likeness (QED) is 0.625. The molecule has 0 saturated heterocycles. The van der Waals surface area contributed by atoms with Crippen LogP contribution < -0.4 is 0 Å². The van der Waals surface area contributed by atoms with E-state index in [0.717, 1.165) is 10.9 Å². The zero-order chi connectivity index (χ0) is 18.9. The molecule has 0 amide bonds. The standard InChI is InChI=1S/C16H18N2O6S/c1-5-24-16(21)13-9(2)10(6-7-12(13)25(4,22)23)14(19)11-8-17-18(3)15(11)20/h6-8,20H,5H2,1-4H3. The zero-order valence-electron chi connectivity index (χ0n) is 14.2. The molecule has 0 aliphatic heterocycles. The number of aryl methyl sites for hydroxylation is 1. The number of nitrogens with zero attached hydrogens (tertiary/aromatic N) is 2. The molecule has 0 fully saturated rings. The summed E-state index contributed by atoms with van der Waals surface area (Å²) in [5.41, 5.74) is 0.0134. The SMILES string of the molecule is CCOC(=O)c1c(S(C)(=O)=O)ccc(C(=O)c2cnn(C)c2O)c1C. The summed E-state index contributed by atoms with van der Waals surface area (Å²) in [7, 11) is -2.24. The van der Waals surface area contributed by atoms with E-state index in [0.29, 0.717) is 0 Å². The van der Waals surface area contributed by atoms with Crippen LogP contribution in [0, 0.1) is 6.92 Å². The second kappa shape index (κ2) is 6.67. The Bertz CT molecular complexity index is 959. The van der Waals surface area contributed by atoms with Crippen molar-refractivity contribution in [2.45, 2.75) is 18.7 Å². The van der Waals surface area contributed by atoms with E-state index >= 15 is 0 Å². The number of esters is 1. The molecule has 0 aliphatic carbocycles. The van der Waals surface area contributed by atoms with Gasteiger partial charge in [-0.25, -0.2) is 17.9 Å². The Hall–Kier alpha value is -2.68. The number of hydrogen-bond donors (Lipinski definition) is 1. The van der Waals surface area contributed by atoms with Gasteiger partial charge in [-0.05, 0) is 31.5 Å². The Kier molecular flexibility index (Phi) is 4.98. The van der Waals surface area contributed by atoms with Gasteiger partial charge in [-0.1, -0.05) is 0 Å². The molecule has 0 atom stereocenters. The van der Waals surface area contributed by atoms with E-state index in [-0.39, 0.29) is 39.6 Å². The van der Waals surface area contributed by atoms with Crippen LogP contribution in [0.5, 0.6) is 5.88 Å². The minimum Gasteiger partial charge on any atom is -0.493 e. The fourth-order valence-corrected chi connectivity index (χ4v) is 3.36. The number of sulfone groups is 1. The van der Waals surface area contributed by atoms with Gasteiger partial charge in [-0.15, -0.1) is 0 Å². The van der Waals surface area contributed by atoms with E-state index in [1.807, 2.05) is 0 Å². The zero-order valence-corrected chi connectivity index (χ0v) is 15.0. The van der Waals surface area contributed by atoms with Crippen LogP contribution in [0.3, 0.4) is 0 Å². The van der Waals surface area contributed by atoms with Gasteiger partial charge in [-0.2, -0.15) is 5.10 Å². The summed E-state index contributed by atoms with van der Waals surface area (Å²) in [5, 5.41) is 13.7. The summed E-state index contributed by atoms with van der Waals surface area (Å²) in [6, 6.07) is 2.50. The summed E-state index contributed by atoms with van der Waals surface area (Å²) in [5.74, 6) is -1.73. The maximum Gasteiger partial charge on any atom is 0.339 e. The number of hydrogen-bond acceptors (Lipinski definition) is 7. The number of ether oxygens (including phenoxy) is 1. The van der Waals surface area contributed by atoms with Gasteiger partial charge in [0, 0.05) is 18.9 Å². The van der Waals surface area contributed by atoms with E-state index in [1.54, 1.807) is 6.92 Å². The second-order valence-electron chi connectivity index (χ2n) is 5.44. The van der Waals surface area contributed by atoms with Crippen molar-refractivity contribution >= 4 is 21.6 Å². The summed E-state index contributed by atoms with van der Waals surface area (Å²) in [6.07, 6.45) is 2.17. The first-order valence-electron chi connectivity index (χ1n) is 7.36. The van der Waals surface area contributed by atoms with Crippen LogP contribution in [0.15, 0.2) is 23.2 Å². The molecule has 1 aromatic carbocycles. The van der Waals surface area contributed by atoms with Gasteiger partial charge in [0.05, 0.1) is 23.3 Å². The Balaban J connectivity index is 2.70. The van der Waals surface area contributed by atoms with Crippen molar-refractivity contribution < 1.29 is 27.9 Å². The molecule has 1 aromatic heterocycles. The summed E-state index contributed by atoms with van der Waals surface area (Å²) >= 11 is 0. The summed E-state index contributed by atoms with van der Waals surface area (Å²) in [4.78, 5) is 24.7. The van der Waals surface area contributed by atoms with Crippen LogP contribution in [0.1, 0.15) is 38.8 Å².